The summed E-state index contributed by atoms with van der Waals surface area (Å²) in [5.41, 5.74) is 0.520. The van der Waals surface area contributed by atoms with Crippen LogP contribution in [0, 0.1) is 0 Å². The molecule has 0 aliphatic rings. The van der Waals surface area contributed by atoms with Gasteiger partial charge in [0.1, 0.15) is 18.5 Å². The minimum atomic E-state index is -0.603. The highest BCUT2D eigenvalue weighted by Gasteiger charge is 2.14. The Morgan fingerprint density at radius 1 is 1.41 bits per heavy atom. The molecule has 5 nitrogen and oxygen atoms in total. The van der Waals surface area contributed by atoms with E-state index in [1.165, 1.54) is 0 Å². The number of aliphatic hydroxyl groups is 1. The smallest absolute Gasteiger partial charge is 0.251 e. The number of carbonyl (C=O) groups is 1. The Bertz CT molecular complexity index is 501. The average Bonchev–Trinajstić information content (AvgIpc) is 2.43. The number of ether oxygens (including phenoxy) is 1. The largest absolute Gasteiger partial charge is 0.490 e. The molecule has 0 bridgehead atoms. The van der Waals surface area contributed by atoms with E-state index in [2.05, 4.69) is 26.6 Å². The molecular formula is C16H25BrN2O3. The van der Waals surface area contributed by atoms with Crippen LogP contribution in [0.25, 0.3) is 0 Å². The van der Waals surface area contributed by atoms with Gasteiger partial charge in [-0.25, -0.2) is 0 Å². The van der Waals surface area contributed by atoms with E-state index >= 15 is 0 Å². The fraction of sp³-hybridized carbons (Fsp3) is 0.562. The van der Waals surface area contributed by atoms with Crippen LogP contribution in [0.1, 0.15) is 38.1 Å². The number of aliphatic hydroxyl groups excluding tert-OH is 1. The quantitative estimate of drug-likeness (QED) is 0.686. The van der Waals surface area contributed by atoms with Crippen LogP contribution in [0.4, 0.5) is 0 Å². The third-order valence-corrected chi connectivity index (χ3v) is 3.45. The maximum absolute atomic E-state index is 11.7. The van der Waals surface area contributed by atoms with Crippen LogP contribution < -0.4 is 15.4 Å². The molecule has 0 aliphatic carbocycles. The Balaban J connectivity index is 2.54. The predicted octanol–water partition coefficient (Wildman–Crippen LogP) is 2.33. The molecule has 0 saturated carbocycles. The van der Waals surface area contributed by atoms with Gasteiger partial charge in [0.05, 0.1) is 4.47 Å². The summed E-state index contributed by atoms with van der Waals surface area (Å²) in [5, 5.41) is 15.9. The van der Waals surface area contributed by atoms with E-state index in [4.69, 9.17) is 4.74 Å². The number of β-amino-alcohol motifs (C(OH)–C–C–N with tert-alkyl or cyclic N) is 1. The lowest BCUT2D eigenvalue weighted by Crippen LogP contribution is -2.42. The van der Waals surface area contributed by atoms with Crippen LogP contribution >= 0.6 is 15.9 Å². The molecule has 124 valence electrons. The van der Waals surface area contributed by atoms with Crippen LogP contribution in [-0.4, -0.2) is 42.4 Å². The lowest BCUT2D eigenvalue weighted by Gasteiger charge is -2.23. The molecule has 1 atom stereocenters. The summed E-state index contributed by atoms with van der Waals surface area (Å²) in [4.78, 5) is 11.7. The number of carbonyl (C=O) groups excluding carboxylic acids is 1. The molecule has 0 fully saturated rings. The lowest BCUT2D eigenvalue weighted by molar-refractivity contribution is 0.0953. The average molecular weight is 373 g/mol. The molecule has 0 heterocycles. The number of halogens is 1. The van der Waals surface area contributed by atoms with Crippen molar-refractivity contribution in [3.8, 4) is 5.75 Å². The van der Waals surface area contributed by atoms with Crippen molar-refractivity contribution in [2.24, 2.45) is 0 Å². The van der Waals surface area contributed by atoms with E-state index in [1.54, 1.807) is 18.2 Å². The summed E-state index contributed by atoms with van der Waals surface area (Å²) in [6.45, 7) is 9.21. The molecule has 0 spiro atoms. The van der Waals surface area contributed by atoms with Gasteiger partial charge in [-0.3, -0.25) is 4.79 Å². The molecule has 6 heteroatoms. The van der Waals surface area contributed by atoms with E-state index < -0.39 is 6.10 Å². The van der Waals surface area contributed by atoms with Gasteiger partial charge in [0.2, 0.25) is 0 Å². The topological polar surface area (TPSA) is 70.6 Å². The molecule has 22 heavy (non-hydrogen) atoms. The van der Waals surface area contributed by atoms with Crippen LogP contribution in [0.2, 0.25) is 0 Å². The fourth-order valence-corrected chi connectivity index (χ4v) is 2.18. The van der Waals surface area contributed by atoms with Crippen molar-refractivity contribution in [1.29, 1.82) is 0 Å². The van der Waals surface area contributed by atoms with Gasteiger partial charge in [0.25, 0.3) is 5.91 Å². The first-order chi connectivity index (χ1) is 10.2. The number of amides is 1. The number of benzene rings is 1. The molecule has 0 aromatic heterocycles. The molecule has 0 saturated heterocycles. The third-order valence-electron chi connectivity index (χ3n) is 2.83. The van der Waals surface area contributed by atoms with Gasteiger partial charge in [-0.15, -0.1) is 0 Å². The van der Waals surface area contributed by atoms with Gasteiger partial charge >= 0.3 is 0 Å². The first-order valence-electron chi connectivity index (χ1n) is 7.36. The standard InChI is InChI=1S/C16H25BrN2O3/c1-5-18-15(21)11-6-7-14(13(17)8-11)22-10-12(20)9-19-16(2,3)4/h6-8,12,19-20H,5,9-10H2,1-4H3,(H,18,21). The van der Waals surface area contributed by atoms with Crippen molar-refractivity contribution >= 4 is 21.8 Å². The number of nitrogens with one attached hydrogen (secondary N) is 2. The molecular weight excluding hydrogens is 348 g/mol. The summed E-state index contributed by atoms with van der Waals surface area (Å²) in [6, 6.07) is 5.13. The van der Waals surface area contributed by atoms with Gasteiger partial charge in [0.15, 0.2) is 0 Å². The summed E-state index contributed by atoms with van der Waals surface area (Å²) in [5.74, 6) is 0.479. The van der Waals surface area contributed by atoms with Crippen molar-refractivity contribution in [3.05, 3.63) is 28.2 Å². The zero-order chi connectivity index (χ0) is 16.8. The van der Waals surface area contributed by atoms with Crippen LogP contribution in [0.15, 0.2) is 22.7 Å². The van der Waals surface area contributed by atoms with Crippen molar-refractivity contribution < 1.29 is 14.6 Å². The molecule has 1 amide bonds. The summed E-state index contributed by atoms with van der Waals surface area (Å²) in [7, 11) is 0. The Labute approximate surface area is 140 Å². The highest BCUT2D eigenvalue weighted by atomic mass is 79.9. The Morgan fingerprint density at radius 2 is 2.09 bits per heavy atom. The summed E-state index contributed by atoms with van der Waals surface area (Å²) >= 11 is 3.39. The highest BCUT2D eigenvalue weighted by molar-refractivity contribution is 9.10. The van der Waals surface area contributed by atoms with Gasteiger partial charge in [-0.1, -0.05) is 0 Å². The summed E-state index contributed by atoms with van der Waals surface area (Å²) in [6.07, 6.45) is -0.603. The molecule has 1 rings (SSSR count). The SMILES string of the molecule is CCNC(=O)c1ccc(OCC(O)CNC(C)(C)C)c(Br)c1. The van der Waals surface area contributed by atoms with Gasteiger partial charge in [-0.2, -0.15) is 0 Å². The van der Waals surface area contributed by atoms with Gasteiger partial charge in [0, 0.05) is 24.2 Å². The Morgan fingerprint density at radius 3 is 2.64 bits per heavy atom. The van der Waals surface area contributed by atoms with Crippen molar-refractivity contribution in [3.63, 3.8) is 0 Å². The van der Waals surface area contributed by atoms with E-state index in [0.717, 1.165) is 0 Å². The predicted molar refractivity (Wildman–Crippen MR) is 91.4 cm³/mol. The normalized spacial score (nSPS) is 12.8. The van der Waals surface area contributed by atoms with Crippen molar-refractivity contribution in [1.82, 2.24) is 10.6 Å². The van der Waals surface area contributed by atoms with Gasteiger partial charge < -0.3 is 20.5 Å². The second-order valence-electron chi connectivity index (χ2n) is 6.10. The number of hydrogen-bond acceptors (Lipinski definition) is 4. The number of rotatable bonds is 7. The van der Waals surface area contributed by atoms with E-state index in [1.807, 2.05) is 27.7 Å². The molecule has 0 aliphatic heterocycles. The van der Waals surface area contributed by atoms with E-state index in [-0.39, 0.29) is 18.1 Å². The van der Waals surface area contributed by atoms with Crippen LogP contribution in [0.5, 0.6) is 5.75 Å². The zero-order valence-corrected chi connectivity index (χ0v) is 15.2. The fourth-order valence-electron chi connectivity index (χ4n) is 1.69. The summed E-state index contributed by atoms with van der Waals surface area (Å²) < 4.78 is 6.28. The molecule has 0 radical (unpaired) electrons. The van der Waals surface area contributed by atoms with Crippen LogP contribution in [-0.2, 0) is 0 Å². The first kappa shape index (κ1) is 18.9. The molecule has 3 N–H and O–H groups in total. The third kappa shape index (κ3) is 6.77. The minimum absolute atomic E-state index is 0.0458. The second kappa shape index (κ2) is 8.50. The first-order valence-corrected chi connectivity index (χ1v) is 8.16. The Hall–Kier alpha value is -1.11. The number of hydrogen-bond donors (Lipinski definition) is 3. The molecule has 1 unspecified atom stereocenters. The van der Waals surface area contributed by atoms with E-state index in [9.17, 15) is 9.90 Å². The molecule has 1 aromatic rings. The maximum atomic E-state index is 11.7. The van der Waals surface area contributed by atoms with Crippen molar-refractivity contribution in [2.75, 3.05) is 19.7 Å². The maximum Gasteiger partial charge on any atom is 0.251 e. The lowest BCUT2D eigenvalue weighted by atomic mass is 10.1. The minimum Gasteiger partial charge on any atom is -0.490 e. The van der Waals surface area contributed by atoms with Crippen molar-refractivity contribution in [2.45, 2.75) is 39.3 Å². The van der Waals surface area contributed by atoms with Crippen LogP contribution in [0.3, 0.4) is 0 Å². The molecule has 1 aromatic carbocycles. The Kier molecular flexibility index (Phi) is 7.32. The van der Waals surface area contributed by atoms with Gasteiger partial charge in [-0.05, 0) is 61.8 Å². The highest BCUT2D eigenvalue weighted by Crippen LogP contribution is 2.26. The zero-order valence-electron chi connectivity index (χ0n) is 13.6. The second-order valence-corrected chi connectivity index (χ2v) is 6.95. The monoisotopic (exact) mass is 372 g/mol. The van der Waals surface area contributed by atoms with E-state index in [0.29, 0.717) is 28.9 Å².